The quantitative estimate of drug-likeness (QED) is 0.476. The molecule has 0 fully saturated rings. The van der Waals surface area contributed by atoms with Gasteiger partial charge in [0.15, 0.2) is 6.54 Å². The molecule has 120 valence electrons. The van der Waals surface area contributed by atoms with Crippen molar-refractivity contribution in [2.24, 2.45) is 0 Å². The zero-order valence-corrected chi connectivity index (χ0v) is 12.2. The van der Waals surface area contributed by atoms with Gasteiger partial charge in [0.25, 0.3) is 0 Å². The van der Waals surface area contributed by atoms with E-state index in [0.717, 1.165) is 0 Å². The Kier molecular flexibility index (Phi) is 6.91. The third-order valence-corrected chi connectivity index (χ3v) is 3.87. The minimum atomic E-state index is -4.50. The number of quaternary nitrogens is 1. The van der Waals surface area contributed by atoms with Gasteiger partial charge in [-0.05, 0) is 0 Å². The van der Waals surface area contributed by atoms with Crippen LogP contribution in [0.4, 0.5) is 13.2 Å². The first-order valence-electron chi connectivity index (χ1n) is 5.91. The highest BCUT2D eigenvalue weighted by atomic mass is 32.2. The van der Waals surface area contributed by atoms with Crippen LogP contribution >= 0.6 is 0 Å². The number of halogens is 3. The summed E-state index contributed by atoms with van der Waals surface area (Å²) in [6.45, 7) is 0.274. The lowest BCUT2D eigenvalue weighted by Gasteiger charge is -2.27. The van der Waals surface area contributed by atoms with E-state index in [1.54, 1.807) is 14.1 Å². The van der Waals surface area contributed by atoms with Crippen LogP contribution in [0.5, 0.6) is 0 Å². The Labute approximate surface area is 116 Å². The summed E-state index contributed by atoms with van der Waals surface area (Å²) in [4.78, 5) is 10.6. The van der Waals surface area contributed by atoms with Crippen molar-refractivity contribution in [1.29, 1.82) is 0 Å². The third-order valence-electron chi connectivity index (χ3n) is 2.48. The highest BCUT2D eigenvalue weighted by molar-refractivity contribution is 7.89. The van der Waals surface area contributed by atoms with Crippen LogP contribution in [0.2, 0.25) is 0 Å². The first-order valence-corrected chi connectivity index (χ1v) is 7.56. The van der Waals surface area contributed by atoms with Gasteiger partial charge in [-0.1, -0.05) is 0 Å². The molecule has 0 aliphatic rings. The highest BCUT2D eigenvalue weighted by Gasteiger charge is 2.29. The summed E-state index contributed by atoms with van der Waals surface area (Å²) < 4.78 is 60.5. The van der Waals surface area contributed by atoms with E-state index in [1.807, 2.05) is 0 Å². The molecule has 20 heavy (non-hydrogen) atoms. The Bertz CT molecular complexity index is 421. The number of hydrogen-bond donors (Lipinski definition) is 2. The average Bonchev–Trinajstić information content (AvgIpc) is 2.19. The molecule has 6 nitrogen and oxygen atoms in total. The predicted octanol–water partition coefficient (Wildman–Crippen LogP) is 0.409. The van der Waals surface area contributed by atoms with Crippen LogP contribution in [0, 0.1) is 0 Å². The Morgan fingerprint density at radius 2 is 1.85 bits per heavy atom. The van der Waals surface area contributed by atoms with Gasteiger partial charge in [0, 0.05) is 13.0 Å². The number of hydrogen-bond acceptors (Lipinski definition) is 3. The molecule has 0 radical (unpaired) electrons. The molecule has 0 saturated heterocycles. The van der Waals surface area contributed by atoms with Gasteiger partial charge < -0.3 is 9.59 Å². The van der Waals surface area contributed by atoms with Crippen molar-refractivity contribution in [3.05, 3.63) is 0 Å². The summed E-state index contributed by atoms with van der Waals surface area (Å²) in [5.41, 5.74) is 0. The SMILES string of the molecule is C[N+](C)(CCCNS(=O)(=O)CCC(F)(F)F)CC(=O)O. The number of likely N-dealkylation sites (N-methyl/N-ethyl adjacent to an activating group) is 1. The van der Waals surface area contributed by atoms with Crippen molar-refractivity contribution in [3.63, 3.8) is 0 Å². The number of rotatable bonds is 9. The van der Waals surface area contributed by atoms with Gasteiger partial charge in [-0.15, -0.1) is 0 Å². The Morgan fingerprint density at radius 1 is 1.30 bits per heavy atom. The lowest BCUT2D eigenvalue weighted by atomic mass is 10.3. The lowest BCUT2D eigenvalue weighted by Crippen LogP contribution is -2.45. The van der Waals surface area contributed by atoms with Crippen LogP contribution in [0.1, 0.15) is 12.8 Å². The number of alkyl halides is 3. The Morgan fingerprint density at radius 3 is 2.30 bits per heavy atom. The summed E-state index contributed by atoms with van der Waals surface area (Å²) in [6, 6.07) is 0. The van der Waals surface area contributed by atoms with Crippen molar-refractivity contribution < 1.29 is 36.0 Å². The predicted molar refractivity (Wildman–Crippen MR) is 66.6 cm³/mol. The summed E-state index contributed by atoms with van der Waals surface area (Å²) in [5, 5.41) is 8.65. The van der Waals surface area contributed by atoms with Crippen molar-refractivity contribution >= 4 is 16.0 Å². The second-order valence-corrected chi connectivity index (χ2v) is 7.07. The van der Waals surface area contributed by atoms with E-state index in [9.17, 15) is 26.4 Å². The standard InChI is InChI=1S/C10H19F3N2O4S/c1-15(2,8-9(16)17)6-3-5-14-20(18,19)7-4-10(11,12)13/h14H,3-8H2,1-2H3/p+1. The van der Waals surface area contributed by atoms with Crippen LogP contribution in [0.3, 0.4) is 0 Å². The molecule has 0 saturated carbocycles. The number of carbonyl (C=O) groups is 1. The number of aliphatic carboxylic acids is 1. The molecule has 0 rings (SSSR count). The lowest BCUT2D eigenvalue weighted by molar-refractivity contribution is -0.883. The second-order valence-electron chi connectivity index (χ2n) is 5.14. The molecule has 0 aromatic rings. The largest absolute Gasteiger partial charge is 0.477 e. The van der Waals surface area contributed by atoms with Gasteiger partial charge in [-0.2, -0.15) is 13.2 Å². The monoisotopic (exact) mass is 321 g/mol. The van der Waals surface area contributed by atoms with Crippen molar-refractivity contribution in [1.82, 2.24) is 4.72 Å². The van der Waals surface area contributed by atoms with Crippen LogP contribution < -0.4 is 4.72 Å². The average molecular weight is 321 g/mol. The number of nitrogens with zero attached hydrogens (tertiary/aromatic N) is 1. The fraction of sp³-hybridized carbons (Fsp3) is 0.900. The molecule has 0 aliphatic carbocycles. The van der Waals surface area contributed by atoms with Crippen LogP contribution in [0.15, 0.2) is 0 Å². The van der Waals surface area contributed by atoms with E-state index in [-0.39, 0.29) is 17.6 Å². The smallest absolute Gasteiger partial charge is 0.390 e. The molecule has 0 bridgehead atoms. The molecule has 2 N–H and O–H groups in total. The van der Waals surface area contributed by atoms with Crippen LogP contribution in [-0.4, -0.2) is 69.6 Å². The maximum Gasteiger partial charge on any atom is 0.390 e. The molecule has 0 aromatic heterocycles. The molecular formula is C10H20F3N2O4S+. The fourth-order valence-corrected chi connectivity index (χ4v) is 2.60. The highest BCUT2D eigenvalue weighted by Crippen LogP contribution is 2.19. The van der Waals surface area contributed by atoms with Crippen molar-refractivity contribution in [2.45, 2.75) is 19.0 Å². The summed E-state index contributed by atoms with van der Waals surface area (Å²) in [5.74, 6) is -1.97. The second kappa shape index (κ2) is 7.23. The van der Waals surface area contributed by atoms with Crippen molar-refractivity contribution in [2.75, 3.05) is 39.5 Å². The molecule has 0 aliphatic heterocycles. The first-order chi connectivity index (χ1) is 8.83. The molecule has 0 atom stereocenters. The topological polar surface area (TPSA) is 83.5 Å². The normalized spacial score (nSPS) is 13.4. The molecule has 0 heterocycles. The van der Waals surface area contributed by atoms with Gasteiger partial charge in [-0.3, -0.25) is 0 Å². The minimum Gasteiger partial charge on any atom is -0.477 e. The van der Waals surface area contributed by atoms with Gasteiger partial charge in [-0.25, -0.2) is 17.9 Å². The number of carboxylic acids is 1. The van der Waals surface area contributed by atoms with E-state index in [4.69, 9.17) is 5.11 Å². The Hall–Kier alpha value is -0.870. The van der Waals surface area contributed by atoms with E-state index >= 15 is 0 Å². The maximum absolute atomic E-state index is 11.9. The molecule has 0 spiro atoms. The van der Waals surface area contributed by atoms with E-state index in [1.165, 1.54) is 0 Å². The summed E-state index contributed by atoms with van der Waals surface area (Å²) >= 11 is 0. The number of nitrogens with one attached hydrogen (secondary N) is 1. The van der Waals surface area contributed by atoms with Gasteiger partial charge in [0.1, 0.15) is 0 Å². The van der Waals surface area contributed by atoms with Gasteiger partial charge in [0.2, 0.25) is 10.0 Å². The zero-order chi connectivity index (χ0) is 16.0. The fourth-order valence-electron chi connectivity index (χ4n) is 1.50. The van der Waals surface area contributed by atoms with E-state index < -0.39 is 34.3 Å². The molecule has 0 unspecified atom stereocenters. The Balaban J connectivity index is 4.03. The van der Waals surface area contributed by atoms with E-state index in [0.29, 0.717) is 13.0 Å². The molecule has 0 amide bonds. The molecule has 0 aromatic carbocycles. The number of carboxylic acid groups (broad SMARTS) is 1. The van der Waals surface area contributed by atoms with Gasteiger partial charge >= 0.3 is 12.1 Å². The first kappa shape index (κ1) is 19.1. The minimum absolute atomic E-state index is 0.0124. The molecular weight excluding hydrogens is 301 g/mol. The maximum atomic E-state index is 11.9. The third kappa shape index (κ3) is 11.0. The summed E-state index contributed by atoms with van der Waals surface area (Å²) in [7, 11) is -0.603. The molecule has 10 heteroatoms. The van der Waals surface area contributed by atoms with Crippen LogP contribution in [0.25, 0.3) is 0 Å². The van der Waals surface area contributed by atoms with Crippen molar-refractivity contribution in [3.8, 4) is 0 Å². The number of sulfonamides is 1. The summed E-state index contributed by atoms with van der Waals surface area (Å²) in [6.07, 6.45) is -5.55. The van der Waals surface area contributed by atoms with Crippen LogP contribution in [-0.2, 0) is 14.8 Å². The van der Waals surface area contributed by atoms with E-state index in [2.05, 4.69) is 4.72 Å². The van der Waals surface area contributed by atoms with Gasteiger partial charge in [0.05, 0.1) is 32.8 Å². The zero-order valence-electron chi connectivity index (χ0n) is 11.4.